The molecule has 0 aromatic heterocycles. The molecule has 0 fully saturated rings. The topological polar surface area (TPSA) is 26.3 Å². The van der Waals surface area contributed by atoms with Crippen molar-refractivity contribution in [2.75, 3.05) is 0 Å². The van der Waals surface area contributed by atoms with E-state index in [1.165, 1.54) is 37.3 Å². The van der Waals surface area contributed by atoms with E-state index in [0.717, 1.165) is 9.99 Å². The van der Waals surface area contributed by atoms with E-state index in [1.807, 2.05) is 6.07 Å². The van der Waals surface area contributed by atoms with Crippen LogP contribution in [0.1, 0.15) is 44.2 Å². The van der Waals surface area contributed by atoms with Gasteiger partial charge in [-0.15, -0.1) is 0 Å². The highest BCUT2D eigenvalue weighted by atomic mass is 127. The number of benzene rings is 1. The second-order valence-electron chi connectivity index (χ2n) is 4.28. The molecule has 1 aromatic carbocycles. The molecule has 0 heterocycles. The van der Waals surface area contributed by atoms with Gasteiger partial charge in [0, 0.05) is 6.92 Å². The number of carbonyl (C=O) groups excluding carboxylic acids is 1. The number of rotatable bonds is 5. The molecule has 0 aliphatic heterocycles. The Balaban J connectivity index is 2.85. The summed E-state index contributed by atoms with van der Waals surface area (Å²) in [4.78, 5) is 11.0. The summed E-state index contributed by atoms with van der Waals surface area (Å²) >= 11 is 2.22. The molecule has 0 unspecified atom stereocenters. The Hall–Kier alpha value is -0.580. The first-order valence-corrected chi connectivity index (χ1v) is 7.10. The van der Waals surface area contributed by atoms with Crippen LogP contribution in [-0.2, 0) is 11.2 Å². The molecule has 0 radical (unpaired) electrons. The summed E-state index contributed by atoms with van der Waals surface area (Å²) in [6.07, 6.45) is 4.71. The van der Waals surface area contributed by atoms with Crippen LogP contribution in [0, 0.1) is 10.5 Å². The summed E-state index contributed by atoms with van der Waals surface area (Å²) in [5, 5.41) is 0. The van der Waals surface area contributed by atoms with Gasteiger partial charge in [-0.05, 0) is 59.5 Å². The van der Waals surface area contributed by atoms with E-state index < -0.39 is 0 Å². The number of halogens is 1. The van der Waals surface area contributed by atoms with Gasteiger partial charge in [0.2, 0.25) is 0 Å². The lowest BCUT2D eigenvalue weighted by atomic mass is 10.0. The molecular weight excluding hydrogens is 327 g/mol. The zero-order valence-corrected chi connectivity index (χ0v) is 12.8. The van der Waals surface area contributed by atoms with E-state index in [0.29, 0.717) is 5.75 Å². The fourth-order valence-electron chi connectivity index (χ4n) is 1.76. The van der Waals surface area contributed by atoms with Gasteiger partial charge in [-0.3, -0.25) is 4.79 Å². The highest BCUT2D eigenvalue weighted by Gasteiger charge is 2.08. The van der Waals surface area contributed by atoms with Crippen molar-refractivity contribution in [3.8, 4) is 5.75 Å². The lowest BCUT2D eigenvalue weighted by Gasteiger charge is -2.10. The third kappa shape index (κ3) is 4.66. The Morgan fingerprint density at radius 1 is 1.35 bits per heavy atom. The smallest absolute Gasteiger partial charge is 0.308 e. The van der Waals surface area contributed by atoms with Crippen LogP contribution in [0.2, 0.25) is 0 Å². The highest BCUT2D eigenvalue weighted by Crippen LogP contribution is 2.27. The largest absolute Gasteiger partial charge is 0.426 e. The second kappa shape index (κ2) is 6.99. The average molecular weight is 346 g/mol. The molecular formula is C14H19IO2. The Labute approximate surface area is 117 Å². The van der Waals surface area contributed by atoms with Crippen molar-refractivity contribution < 1.29 is 9.53 Å². The van der Waals surface area contributed by atoms with E-state index in [2.05, 4.69) is 42.5 Å². The molecule has 0 saturated heterocycles. The first-order valence-electron chi connectivity index (χ1n) is 6.02. The minimum Gasteiger partial charge on any atom is -0.426 e. The van der Waals surface area contributed by atoms with Crippen molar-refractivity contribution in [1.29, 1.82) is 0 Å². The minimum atomic E-state index is -0.256. The maximum absolute atomic E-state index is 11.0. The predicted molar refractivity (Wildman–Crippen MR) is 78.4 cm³/mol. The van der Waals surface area contributed by atoms with Crippen molar-refractivity contribution in [3.63, 3.8) is 0 Å². The molecule has 0 saturated carbocycles. The third-order valence-electron chi connectivity index (χ3n) is 2.60. The summed E-state index contributed by atoms with van der Waals surface area (Å²) in [5.41, 5.74) is 2.43. The fourth-order valence-corrected chi connectivity index (χ4v) is 2.18. The summed E-state index contributed by atoms with van der Waals surface area (Å²) in [7, 11) is 0. The molecule has 17 heavy (non-hydrogen) atoms. The lowest BCUT2D eigenvalue weighted by molar-refractivity contribution is -0.131. The van der Waals surface area contributed by atoms with Crippen molar-refractivity contribution in [2.45, 2.75) is 46.5 Å². The number of carbonyl (C=O) groups is 1. The Morgan fingerprint density at radius 3 is 2.65 bits per heavy atom. The van der Waals surface area contributed by atoms with Gasteiger partial charge in [0.25, 0.3) is 0 Å². The van der Waals surface area contributed by atoms with Gasteiger partial charge >= 0.3 is 5.97 Å². The first kappa shape index (κ1) is 14.5. The molecule has 0 spiro atoms. The molecule has 0 atom stereocenters. The second-order valence-corrected chi connectivity index (χ2v) is 5.35. The number of esters is 1. The van der Waals surface area contributed by atoms with Gasteiger partial charge in [-0.25, -0.2) is 0 Å². The monoisotopic (exact) mass is 346 g/mol. The van der Waals surface area contributed by atoms with Crippen LogP contribution in [-0.4, -0.2) is 5.97 Å². The minimum absolute atomic E-state index is 0.256. The molecule has 1 aromatic rings. The van der Waals surface area contributed by atoms with Crippen LogP contribution in [0.5, 0.6) is 5.75 Å². The van der Waals surface area contributed by atoms with Crippen LogP contribution >= 0.6 is 22.6 Å². The average Bonchev–Trinajstić information content (AvgIpc) is 2.25. The molecule has 2 nitrogen and oxygen atoms in total. The summed E-state index contributed by atoms with van der Waals surface area (Å²) in [6.45, 7) is 5.69. The third-order valence-corrected chi connectivity index (χ3v) is 3.99. The summed E-state index contributed by atoms with van der Waals surface area (Å²) < 4.78 is 6.25. The molecule has 94 valence electrons. The number of hydrogen-bond acceptors (Lipinski definition) is 2. The zero-order valence-electron chi connectivity index (χ0n) is 10.7. The van der Waals surface area contributed by atoms with Crippen molar-refractivity contribution in [1.82, 2.24) is 0 Å². The predicted octanol–water partition coefficient (Wildman–Crippen LogP) is 4.26. The maximum Gasteiger partial charge on any atom is 0.308 e. The SMILES string of the molecule is CCCCCc1cc(C)c(I)c(OC(C)=O)c1. The van der Waals surface area contributed by atoms with Gasteiger partial charge in [0.1, 0.15) is 5.75 Å². The Kier molecular flexibility index (Phi) is 5.95. The van der Waals surface area contributed by atoms with Crippen molar-refractivity contribution in [2.24, 2.45) is 0 Å². The number of aryl methyl sites for hydroxylation is 2. The van der Waals surface area contributed by atoms with Crippen LogP contribution in [0.3, 0.4) is 0 Å². The first-order chi connectivity index (χ1) is 8.04. The zero-order chi connectivity index (χ0) is 12.8. The van der Waals surface area contributed by atoms with E-state index in [4.69, 9.17) is 4.74 Å². The van der Waals surface area contributed by atoms with Crippen LogP contribution < -0.4 is 4.74 Å². The van der Waals surface area contributed by atoms with Crippen molar-refractivity contribution >= 4 is 28.6 Å². The molecule has 0 bridgehead atoms. The fraction of sp³-hybridized carbons (Fsp3) is 0.500. The highest BCUT2D eigenvalue weighted by molar-refractivity contribution is 14.1. The van der Waals surface area contributed by atoms with Crippen molar-refractivity contribution in [3.05, 3.63) is 26.8 Å². The summed E-state index contributed by atoms with van der Waals surface area (Å²) in [6, 6.07) is 4.18. The molecule has 0 aliphatic carbocycles. The maximum atomic E-state index is 11.0. The quantitative estimate of drug-likeness (QED) is 0.345. The lowest BCUT2D eigenvalue weighted by Crippen LogP contribution is -2.04. The van der Waals surface area contributed by atoms with Gasteiger partial charge < -0.3 is 4.74 Å². The van der Waals surface area contributed by atoms with Gasteiger partial charge in [-0.1, -0.05) is 25.8 Å². The Bertz CT molecular complexity index is 399. The standard InChI is InChI=1S/C14H19IO2/c1-4-5-6-7-12-8-10(2)14(15)13(9-12)17-11(3)16/h8-9H,4-7H2,1-3H3. The normalized spacial score (nSPS) is 10.4. The molecule has 1 rings (SSSR count). The molecule has 3 heteroatoms. The van der Waals surface area contributed by atoms with Gasteiger partial charge in [0.15, 0.2) is 0 Å². The number of unbranched alkanes of at least 4 members (excludes halogenated alkanes) is 2. The van der Waals surface area contributed by atoms with Gasteiger partial charge in [-0.2, -0.15) is 0 Å². The number of hydrogen-bond donors (Lipinski definition) is 0. The molecule has 0 amide bonds. The van der Waals surface area contributed by atoms with Crippen LogP contribution in [0.25, 0.3) is 0 Å². The van der Waals surface area contributed by atoms with E-state index in [-0.39, 0.29) is 5.97 Å². The molecule has 0 aliphatic rings. The van der Waals surface area contributed by atoms with Crippen LogP contribution in [0.4, 0.5) is 0 Å². The Morgan fingerprint density at radius 2 is 2.06 bits per heavy atom. The van der Waals surface area contributed by atoms with E-state index in [1.54, 1.807) is 0 Å². The summed E-state index contributed by atoms with van der Waals surface area (Å²) in [5.74, 6) is 0.442. The van der Waals surface area contributed by atoms with Gasteiger partial charge in [0.05, 0.1) is 3.57 Å². The number of ether oxygens (including phenoxy) is 1. The van der Waals surface area contributed by atoms with E-state index >= 15 is 0 Å². The van der Waals surface area contributed by atoms with Crippen LogP contribution in [0.15, 0.2) is 12.1 Å². The van der Waals surface area contributed by atoms with E-state index in [9.17, 15) is 4.79 Å². The molecule has 0 N–H and O–H groups in total.